The second-order valence-corrected chi connectivity index (χ2v) is 13.4. The summed E-state index contributed by atoms with van der Waals surface area (Å²) >= 11 is 0. The first kappa shape index (κ1) is 45.7. The van der Waals surface area contributed by atoms with Gasteiger partial charge in [0.2, 0.25) is 5.91 Å². The van der Waals surface area contributed by atoms with Gasteiger partial charge >= 0.3 is 12.1 Å². The van der Waals surface area contributed by atoms with E-state index in [2.05, 4.69) is 32.0 Å². The van der Waals surface area contributed by atoms with Gasteiger partial charge < -0.3 is 50.6 Å². The number of nitrogens with one attached hydrogen (secondary N) is 6. The highest BCUT2D eigenvalue weighted by atomic mass is 16.5. The molecule has 6 amide bonds. The van der Waals surface area contributed by atoms with Gasteiger partial charge in [-0.3, -0.25) is 15.0 Å². The zero-order valence-electron chi connectivity index (χ0n) is 32.7. The van der Waals surface area contributed by atoms with Crippen LogP contribution < -0.4 is 36.7 Å². The van der Waals surface area contributed by atoms with Crippen molar-refractivity contribution in [3.8, 4) is 5.75 Å². The lowest BCUT2D eigenvalue weighted by Gasteiger charge is -2.33. The lowest BCUT2D eigenvalue weighted by atomic mass is 9.98. The minimum atomic E-state index is -1.21. The number of carbonyl (C=O) groups is 4. The van der Waals surface area contributed by atoms with Gasteiger partial charge in [0.05, 0.1) is 32.0 Å². The van der Waals surface area contributed by atoms with Crippen molar-refractivity contribution in [2.24, 2.45) is 11.8 Å². The Kier molecular flexibility index (Phi) is 21.6. The lowest BCUT2D eigenvalue weighted by Crippen LogP contribution is -2.60. The predicted molar refractivity (Wildman–Crippen MR) is 205 cm³/mol. The standard InChI is InChI=1S/C38H61N7O9/c1-26(2)33(42-37(49)39-17-19-51-5)35(47)41-31(23-28-11-9-8-10-12-28)32(46)25-45(24-29-13-15-30(16-14-29)54-22-21-53-7)44-36(48)34(27(3)4)43-38(50)40-18-20-52-6/h8-16,26-27,31-34,46H,17-25H2,1-7H3,(H,41,47)(H,44,48)(H2,39,42,49)(H2,40,43,50)/t31?,32?,33-,34-/m0/s1. The monoisotopic (exact) mass is 759 g/mol. The molecule has 2 aromatic rings. The number of urea groups is 2. The Hall–Kier alpha value is -4.48. The fourth-order valence-electron chi connectivity index (χ4n) is 5.29. The number of nitrogens with zero attached hydrogens (tertiary/aromatic N) is 1. The summed E-state index contributed by atoms with van der Waals surface area (Å²) in [6.45, 7) is 9.25. The molecule has 2 unspecified atom stereocenters. The van der Waals surface area contributed by atoms with Crippen LogP contribution in [0.1, 0.15) is 38.8 Å². The van der Waals surface area contributed by atoms with Gasteiger partial charge in [-0.05, 0) is 41.5 Å². The largest absolute Gasteiger partial charge is 0.491 e. The van der Waals surface area contributed by atoms with Crippen LogP contribution in [0.15, 0.2) is 54.6 Å². The molecule has 0 aliphatic carbocycles. The van der Waals surface area contributed by atoms with Gasteiger partial charge in [-0.2, -0.15) is 0 Å². The normalized spacial score (nSPS) is 13.5. The van der Waals surface area contributed by atoms with Crippen LogP contribution >= 0.6 is 0 Å². The highest BCUT2D eigenvalue weighted by molar-refractivity contribution is 5.88. The molecule has 0 aliphatic rings. The van der Waals surface area contributed by atoms with Crippen molar-refractivity contribution >= 4 is 23.9 Å². The molecule has 0 bridgehead atoms. The summed E-state index contributed by atoms with van der Waals surface area (Å²) in [5, 5.41) is 27.2. The fourth-order valence-corrected chi connectivity index (χ4v) is 5.29. The number of aliphatic hydroxyl groups is 1. The second kappa shape index (κ2) is 25.5. The van der Waals surface area contributed by atoms with E-state index in [4.69, 9.17) is 18.9 Å². The number of ether oxygens (including phenoxy) is 4. The predicted octanol–water partition coefficient (Wildman–Crippen LogP) is 1.57. The summed E-state index contributed by atoms with van der Waals surface area (Å²) in [7, 11) is 4.64. The van der Waals surface area contributed by atoms with Gasteiger partial charge in [0, 0.05) is 47.5 Å². The number of amides is 6. The number of methoxy groups -OCH3 is 3. The van der Waals surface area contributed by atoms with Gasteiger partial charge in [0.25, 0.3) is 5.91 Å². The molecular formula is C38H61N7O9. The molecule has 2 rings (SSSR count). The third-order valence-corrected chi connectivity index (χ3v) is 8.27. The Balaban J connectivity index is 2.37. The molecule has 302 valence electrons. The first-order chi connectivity index (χ1) is 25.9. The summed E-state index contributed by atoms with van der Waals surface area (Å²) in [5.74, 6) is -0.898. The molecule has 0 radical (unpaired) electrons. The van der Waals surface area contributed by atoms with Crippen molar-refractivity contribution in [3.63, 3.8) is 0 Å². The number of rotatable bonds is 25. The second-order valence-electron chi connectivity index (χ2n) is 13.4. The number of benzene rings is 2. The maximum absolute atomic E-state index is 13.8. The highest BCUT2D eigenvalue weighted by Gasteiger charge is 2.32. The molecule has 0 spiro atoms. The van der Waals surface area contributed by atoms with Crippen molar-refractivity contribution in [3.05, 3.63) is 65.7 Å². The zero-order chi connectivity index (χ0) is 39.9. The van der Waals surface area contributed by atoms with E-state index in [-0.39, 0.29) is 44.4 Å². The van der Waals surface area contributed by atoms with E-state index in [9.17, 15) is 24.3 Å². The molecule has 4 atom stereocenters. The number of aliphatic hydroxyl groups excluding tert-OH is 1. The van der Waals surface area contributed by atoms with E-state index in [1.165, 1.54) is 14.2 Å². The van der Waals surface area contributed by atoms with Crippen LogP contribution in [-0.4, -0.2) is 126 Å². The van der Waals surface area contributed by atoms with Gasteiger partial charge in [0.1, 0.15) is 24.4 Å². The van der Waals surface area contributed by atoms with Crippen molar-refractivity contribution in [2.75, 3.05) is 67.4 Å². The molecule has 16 nitrogen and oxygen atoms in total. The minimum absolute atomic E-state index is 0.113. The Bertz CT molecular complexity index is 1380. The molecule has 16 heteroatoms. The van der Waals surface area contributed by atoms with Crippen LogP contribution in [-0.2, 0) is 36.8 Å². The minimum Gasteiger partial charge on any atom is -0.491 e. The summed E-state index contributed by atoms with van der Waals surface area (Å²) < 4.78 is 20.7. The molecule has 0 fully saturated rings. The van der Waals surface area contributed by atoms with Crippen LogP contribution in [0.25, 0.3) is 0 Å². The summed E-state index contributed by atoms with van der Waals surface area (Å²) in [6.07, 6.45) is -0.955. The molecular weight excluding hydrogens is 698 g/mol. The third-order valence-electron chi connectivity index (χ3n) is 8.27. The van der Waals surface area contributed by atoms with Gasteiger partial charge in [0.15, 0.2) is 0 Å². The smallest absolute Gasteiger partial charge is 0.315 e. The van der Waals surface area contributed by atoms with Crippen LogP contribution in [0.2, 0.25) is 0 Å². The number of hydrogen-bond donors (Lipinski definition) is 7. The fraction of sp³-hybridized carbons (Fsp3) is 0.579. The zero-order valence-corrected chi connectivity index (χ0v) is 32.7. The van der Waals surface area contributed by atoms with E-state index in [0.717, 1.165) is 11.1 Å². The quantitative estimate of drug-likeness (QED) is 0.0576. The van der Waals surface area contributed by atoms with Crippen molar-refractivity contribution < 1.29 is 43.2 Å². The maximum atomic E-state index is 13.8. The van der Waals surface area contributed by atoms with E-state index >= 15 is 0 Å². The van der Waals surface area contributed by atoms with Crippen molar-refractivity contribution in [2.45, 2.75) is 64.9 Å². The average Bonchev–Trinajstić information content (AvgIpc) is 3.13. The SMILES string of the molecule is COCCNC(=O)N[C@H](C(=O)NC(Cc1ccccc1)C(O)CN(Cc1ccc(OCCOC)cc1)NC(=O)[C@@H](NC(=O)NCCOC)C(C)C)C(C)C. The van der Waals surface area contributed by atoms with E-state index in [1.807, 2.05) is 70.2 Å². The van der Waals surface area contributed by atoms with Crippen molar-refractivity contribution in [1.29, 1.82) is 0 Å². The van der Waals surface area contributed by atoms with Gasteiger partial charge in [-0.15, -0.1) is 0 Å². The molecule has 0 saturated heterocycles. The van der Waals surface area contributed by atoms with Gasteiger partial charge in [-0.25, -0.2) is 14.6 Å². The van der Waals surface area contributed by atoms with Crippen LogP contribution in [0.5, 0.6) is 5.75 Å². The Morgan fingerprint density at radius 1 is 0.667 bits per heavy atom. The van der Waals surface area contributed by atoms with E-state index in [1.54, 1.807) is 24.3 Å². The van der Waals surface area contributed by atoms with Crippen molar-refractivity contribution in [1.82, 2.24) is 37.0 Å². The molecule has 0 heterocycles. The molecule has 0 saturated carbocycles. The van der Waals surface area contributed by atoms with Crippen LogP contribution in [0.4, 0.5) is 9.59 Å². The Labute approximate surface area is 319 Å². The third kappa shape index (κ3) is 17.6. The molecule has 0 aliphatic heterocycles. The topological polar surface area (TPSA) is 201 Å². The van der Waals surface area contributed by atoms with E-state index in [0.29, 0.717) is 32.2 Å². The first-order valence-corrected chi connectivity index (χ1v) is 18.2. The Morgan fingerprint density at radius 3 is 1.72 bits per heavy atom. The Morgan fingerprint density at radius 2 is 1.20 bits per heavy atom. The van der Waals surface area contributed by atoms with Crippen LogP contribution in [0.3, 0.4) is 0 Å². The number of hydrogen-bond acceptors (Lipinski definition) is 10. The lowest BCUT2D eigenvalue weighted by molar-refractivity contribution is -0.131. The van der Waals surface area contributed by atoms with Gasteiger partial charge in [-0.1, -0.05) is 70.2 Å². The highest BCUT2D eigenvalue weighted by Crippen LogP contribution is 2.16. The molecule has 0 aromatic heterocycles. The summed E-state index contributed by atoms with van der Waals surface area (Å²) in [5.41, 5.74) is 4.55. The maximum Gasteiger partial charge on any atom is 0.315 e. The van der Waals surface area contributed by atoms with E-state index < -0.39 is 48.1 Å². The summed E-state index contributed by atoms with van der Waals surface area (Å²) in [4.78, 5) is 52.7. The number of hydrazine groups is 1. The van der Waals surface area contributed by atoms with Crippen LogP contribution in [0, 0.1) is 11.8 Å². The first-order valence-electron chi connectivity index (χ1n) is 18.2. The average molecular weight is 760 g/mol. The molecule has 2 aromatic carbocycles. The molecule has 54 heavy (non-hydrogen) atoms. The number of carbonyl (C=O) groups excluding carboxylic acids is 4. The summed E-state index contributed by atoms with van der Waals surface area (Å²) in [6, 6.07) is 12.9. The molecule has 7 N–H and O–H groups in total.